The van der Waals surface area contributed by atoms with Gasteiger partial charge in [0.1, 0.15) is 0 Å². The summed E-state index contributed by atoms with van der Waals surface area (Å²) in [6, 6.07) is 3.72. The van der Waals surface area contributed by atoms with E-state index < -0.39 is 0 Å². The van der Waals surface area contributed by atoms with E-state index in [1.54, 1.807) is 18.9 Å². The van der Waals surface area contributed by atoms with E-state index in [9.17, 15) is 4.79 Å². The first-order valence-electron chi connectivity index (χ1n) is 5.90. The summed E-state index contributed by atoms with van der Waals surface area (Å²) in [5.41, 5.74) is 0. The molecule has 1 unspecified atom stereocenters. The molecule has 1 atom stereocenters. The summed E-state index contributed by atoms with van der Waals surface area (Å²) in [4.78, 5) is 14.4. The molecule has 1 rings (SSSR count). The van der Waals surface area contributed by atoms with Crippen LogP contribution in [-0.2, 0) is 6.42 Å². The van der Waals surface area contributed by atoms with Gasteiger partial charge >= 0.3 is 6.03 Å². The van der Waals surface area contributed by atoms with E-state index in [2.05, 4.69) is 5.32 Å². The number of carbonyl (C=O) groups is 1. The van der Waals surface area contributed by atoms with Gasteiger partial charge < -0.3 is 15.3 Å². The zero-order valence-corrected chi connectivity index (χ0v) is 12.2. The summed E-state index contributed by atoms with van der Waals surface area (Å²) in [6.45, 7) is 2.86. The molecule has 0 radical (unpaired) electrons. The van der Waals surface area contributed by atoms with Gasteiger partial charge in [-0.3, -0.25) is 0 Å². The van der Waals surface area contributed by atoms with E-state index in [-0.39, 0.29) is 12.1 Å². The molecule has 0 bridgehead atoms. The molecule has 0 aromatic carbocycles. The van der Waals surface area contributed by atoms with E-state index >= 15 is 0 Å². The lowest BCUT2D eigenvalue weighted by atomic mass is 10.3. The highest BCUT2D eigenvalue weighted by molar-refractivity contribution is 7.16. The molecular formula is C12H19ClN2O2S. The molecule has 2 amide bonds. The van der Waals surface area contributed by atoms with Crippen LogP contribution >= 0.6 is 22.9 Å². The van der Waals surface area contributed by atoms with Crippen molar-refractivity contribution in [3.05, 3.63) is 21.3 Å². The molecule has 0 aliphatic rings. The van der Waals surface area contributed by atoms with Crippen LogP contribution in [0.2, 0.25) is 4.34 Å². The average molecular weight is 291 g/mol. The molecule has 0 saturated carbocycles. The van der Waals surface area contributed by atoms with Crippen molar-refractivity contribution in [3.63, 3.8) is 0 Å². The number of carbonyl (C=O) groups excluding carboxylic acids is 1. The van der Waals surface area contributed by atoms with E-state index in [1.165, 1.54) is 11.3 Å². The third-order valence-corrected chi connectivity index (χ3v) is 3.80. The highest BCUT2D eigenvalue weighted by Crippen LogP contribution is 2.21. The first-order valence-corrected chi connectivity index (χ1v) is 7.09. The summed E-state index contributed by atoms with van der Waals surface area (Å²) in [6.07, 6.45) is 0.992. The summed E-state index contributed by atoms with van der Waals surface area (Å²) < 4.78 is 0.769. The second-order valence-corrected chi connectivity index (χ2v) is 6.05. The lowest BCUT2D eigenvalue weighted by molar-refractivity contribution is 0.163. The van der Waals surface area contributed by atoms with Crippen LogP contribution in [0.25, 0.3) is 0 Å². The van der Waals surface area contributed by atoms with Crippen molar-refractivity contribution >= 4 is 29.0 Å². The number of urea groups is 1. The van der Waals surface area contributed by atoms with Crippen LogP contribution in [0.4, 0.5) is 4.79 Å². The topological polar surface area (TPSA) is 52.6 Å². The summed E-state index contributed by atoms with van der Waals surface area (Å²) in [5, 5.41) is 12.0. The van der Waals surface area contributed by atoms with Gasteiger partial charge in [0, 0.05) is 25.0 Å². The van der Waals surface area contributed by atoms with Gasteiger partial charge in [0.15, 0.2) is 0 Å². The number of thiophene rings is 1. The molecule has 2 N–H and O–H groups in total. The molecular weight excluding hydrogens is 272 g/mol. The molecule has 18 heavy (non-hydrogen) atoms. The lowest BCUT2D eigenvalue weighted by Gasteiger charge is -2.18. The van der Waals surface area contributed by atoms with Crippen LogP contribution in [-0.4, -0.2) is 42.3 Å². The number of hydrogen-bond donors (Lipinski definition) is 2. The highest BCUT2D eigenvalue weighted by Gasteiger charge is 2.08. The summed E-state index contributed by atoms with van der Waals surface area (Å²) in [7, 11) is 1.72. The summed E-state index contributed by atoms with van der Waals surface area (Å²) in [5.74, 6) is 0. The number of aliphatic hydroxyl groups is 1. The molecule has 0 aliphatic carbocycles. The molecule has 4 nitrogen and oxygen atoms in total. The molecule has 1 heterocycles. The van der Waals surface area contributed by atoms with Crippen molar-refractivity contribution in [1.82, 2.24) is 10.2 Å². The minimum absolute atomic E-state index is 0.113. The third-order valence-electron chi connectivity index (χ3n) is 2.51. The minimum Gasteiger partial charge on any atom is -0.393 e. The number of nitrogens with one attached hydrogen (secondary N) is 1. The number of halogens is 1. The predicted molar refractivity (Wildman–Crippen MR) is 75.4 cm³/mol. The number of rotatable bonds is 6. The zero-order chi connectivity index (χ0) is 13.5. The lowest BCUT2D eigenvalue weighted by Crippen LogP contribution is -2.39. The van der Waals surface area contributed by atoms with Crippen LogP contribution in [0.1, 0.15) is 18.2 Å². The van der Waals surface area contributed by atoms with Gasteiger partial charge in [0.2, 0.25) is 0 Å². The van der Waals surface area contributed by atoms with E-state index in [4.69, 9.17) is 16.7 Å². The fourth-order valence-corrected chi connectivity index (χ4v) is 2.48. The highest BCUT2D eigenvalue weighted by atomic mass is 35.5. The van der Waals surface area contributed by atoms with Crippen molar-refractivity contribution in [1.29, 1.82) is 0 Å². The Labute approximate surface area is 117 Å². The van der Waals surface area contributed by atoms with Crippen LogP contribution < -0.4 is 5.32 Å². The van der Waals surface area contributed by atoms with Crippen LogP contribution in [0.15, 0.2) is 12.1 Å². The van der Waals surface area contributed by atoms with Gasteiger partial charge in [-0.15, -0.1) is 11.3 Å². The first kappa shape index (κ1) is 15.3. The van der Waals surface area contributed by atoms with Gasteiger partial charge in [-0.05, 0) is 31.9 Å². The molecule has 0 saturated heterocycles. The Balaban J connectivity index is 2.20. The molecule has 0 spiro atoms. The van der Waals surface area contributed by atoms with Gasteiger partial charge in [-0.2, -0.15) is 0 Å². The number of nitrogens with zero attached hydrogens (tertiary/aromatic N) is 1. The maximum Gasteiger partial charge on any atom is 0.317 e. The van der Waals surface area contributed by atoms with Gasteiger partial charge in [-0.25, -0.2) is 4.79 Å². The average Bonchev–Trinajstić information content (AvgIpc) is 2.71. The minimum atomic E-state index is -0.381. The predicted octanol–water partition coefficient (Wildman–Crippen LogP) is 2.36. The second-order valence-electron chi connectivity index (χ2n) is 4.25. The van der Waals surface area contributed by atoms with Crippen molar-refractivity contribution in [3.8, 4) is 0 Å². The monoisotopic (exact) mass is 290 g/mol. The molecule has 6 heteroatoms. The SMILES string of the molecule is CC(O)CCN(C)C(=O)NCCc1ccc(Cl)s1. The van der Waals surface area contributed by atoms with Crippen molar-refractivity contribution in [2.24, 2.45) is 0 Å². The molecule has 1 aromatic heterocycles. The fourth-order valence-electron chi connectivity index (χ4n) is 1.40. The fraction of sp³-hybridized carbons (Fsp3) is 0.583. The largest absolute Gasteiger partial charge is 0.393 e. The van der Waals surface area contributed by atoms with E-state index in [1.807, 2.05) is 12.1 Å². The Morgan fingerprint density at radius 3 is 2.89 bits per heavy atom. The van der Waals surface area contributed by atoms with Gasteiger partial charge in [0.25, 0.3) is 0 Å². The standard InChI is InChI=1S/C12H19ClN2O2S/c1-9(16)6-8-15(2)12(17)14-7-5-10-3-4-11(13)18-10/h3-4,9,16H,5-8H2,1-2H3,(H,14,17). The molecule has 0 aliphatic heterocycles. The third kappa shape index (κ3) is 5.71. The Hall–Kier alpha value is -0.780. The number of amides is 2. The molecule has 0 fully saturated rings. The van der Waals surface area contributed by atoms with E-state index in [0.717, 1.165) is 15.6 Å². The smallest absolute Gasteiger partial charge is 0.317 e. The van der Waals surface area contributed by atoms with Crippen molar-refractivity contribution < 1.29 is 9.90 Å². The Morgan fingerprint density at radius 1 is 1.61 bits per heavy atom. The quantitative estimate of drug-likeness (QED) is 0.845. The summed E-state index contributed by atoms with van der Waals surface area (Å²) >= 11 is 7.35. The number of aliphatic hydroxyl groups excluding tert-OH is 1. The van der Waals surface area contributed by atoms with Gasteiger partial charge in [-0.1, -0.05) is 11.6 Å². The van der Waals surface area contributed by atoms with Gasteiger partial charge in [0.05, 0.1) is 10.4 Å². The van der Waals surface area contributed by atoms with Crippen LogP contribution in [0, 0.1) is 0 Å². The number of hydrogen-bond acceptors (Lipinski definition) is 3. The van der Waals surface area contributed by atoms with Crippen molar-refractivity contribution in [2.45, 2.75) is 25.9 Å². The van der Waals surface area contributed by atoms with Crippen LogP contribution in [0.3, 0.4) is 0 Å². The maximum absolute atomic E-state index is 11.7. The maximum atomic E-state index is 11.7. The normalized spacial score (nSPS) is 12.2. The Kier molecular flexibility index (Phi) is 6.46. The zero-order valence-electron chi connectivity index (χ0n) is 10.6. The second kappa shape index (κ2) is 7.61. The Bertz CT molecular complexity index is 382. The first-order chi connectivity index (χ1) is 8.49. The van der Waals surface area contributed by atoms with Crippen LogP contribution in [0.5, 0.6) is 0 Å². The van der Waals surface area contributed by atoms with Crippen molar-refractivity contribution in [2.75, 3.05) is 20.1 Å². The molecule has 1 aromatic rings. The Morgan fingerprint density at radius 2 is 2.33 bits per heavy atom. The van der Waals surface area contributed by atoms with E-state index in [0.29, 0.717) is 19.5 Å². The molecule has 102 valence electrons.